The van der Waals surface area contributed by atoms with E-state index in [4.69, 9.17) is 10.2 Å². The molecule has 2 N–H and O–H groups in total. The van der Waals surface area contributed by atoms with E-state index >= 15 is 0 Å². The van der Waals surface area contributed by atoms with Crippen LogP contribution in [0.2, 0.25) is 0 Å². The number of ether oxygens (including phenoxy) is 1. The molecule has 1 aliphatic heterocycles. The number of carboxylic acid groups (broad SMARTS) is 2. The molecule has 11 nitrogen and oxygen atoms in total. The maximum absolute atomic E-state index is 11.2. The van der Waals surface area contributed by atoms with Crippen LogP contribution in [0.15, 0.2) is 0 Å². The van der Waals surface area contributed by atoms with Gasteiger partial charge in [-0.25, -0.2) is 0 Å². The zero-order valence-electron chi connectivity index (χ0n) is 13.6. The molecule has 1 fully saturated rings. The molecule has 0 spiro atoms. The summed E-state index contributed by atoms with van der Waals surface area (Å²) in [5.41, 5.74) is 0. The van der Waals surface area contributed by atoms with Crippen LogP contribution < -0.4 is 0 Å². The van der Waals surface area contributed by atoms with Gasteiger partial charge in [0.15, 0.2) is 0 Å². The molecular formula is C14H21N3O8. The molecule has 0 aromatic rings. The fraction of sp³-hybridized carbons (Fsp3) is 0.643. The molecule has 140 valence electrons. The van der Waals surface area contributed by atoms with Crippen LogP contribution in [0, 0.1) is 0 Å². The van der Waals surface area contributed by atoms with Crippen molar-refractivity contribution in [2.45, 2.75) is 0 Å². The lowest BCUT2D eigenvalue weighted by atomic mass is 10.3. The van der Waals surface area contributed by atoms with Crippen LogP contribution in [0.1, 0.15) is 0 Å². The summed E-state index contributed by atoms with van der Waals surface area (Å²) in [6.07, 6.45) is 0.579. The Kier molecular flexibility index (Phi) is 8.67. The number of hydrogen-bond donors (Lipinski definition) is 2. The van der Waals surface area contributed by atoms with Gasteiger partial charge in [-0.15, -0.1) is 0 Å². The number of carbonyl (C=O) groups excluding carboxylic acids is 3. The molecule has 1 heterocycles. The van der Waals surface area contributed by atoms with E-state index in [1.54, 1.807) is 9.80 Å². The second-order valence-electron chi connectivity index (χ2n) is 5.52. The lowest BCUT2D eigenvalue weighted by molar-refractivity contribution is -0.167. The van der Waals surface area contributed by atoms with Gasteiger partial charge in [0.25, 0.3) is 0 Å². The van der Waals surface area contributed by atoms with Crippen LogP contribution in [0.5, 0.6) is 0 Å². The average molecular weight is 359 g/mol. The van der Waals surface area contributed by atoms with Gasteiger partial charge in [-0.1, -0.05) is 0 Å². The highest BCUT2D eigenvalue weighted by Gasteiger charge is 2.25. The Morgan fingerprint density at radius 3 is 2.04 bits per heavy atom. The first-order valence-corrected chi connectivity index (χ1v) is 7.58. The van der Waals surface area contributed by atoms with Gasteiger partial charge in [0, 0.05) is 26.2 Å². The van der Waals surface area contributed by atoms with Crippen molar-refractivity contribution in [3.8, 4) is 0 Å². The standard InChI is InChI=1S/C14H21N3O8/c18-6-5-16(8-12(21)22)2-1-15(7-11(19)20)3-4-17-9-13(23)25-14(24)10-17/h6H,1-5,7-10H2,(H,19,20)(H,21,22). The van der Waals surface area contributed by atoms with Gasteiger partial charge in [-0.2, -0.15) is 0 Å². The number of aliphatic carboxylic acids is 2. The topological polar surface area (TPSA) is 145 Å². The van der Waals surface area contributed by atoms with Crippen molar-refractivity contribution < 1.29 is 38.9 Å². The summed E-state index contributed by atoms with van der Waals surface area (Å²) in [5.74, 6) is -3.45. The minimum atomic E-state index is -1.09. The molecule has 1 aliphatic rings. The predicted molar refractivity (Wildman–Crippen MR) is 81.8 cm³/mol. The van der Waals surface area contributed by atoms with Gasteiger partial charge >= 0.3 is 23.9 Å². The smallest absolute Gasteiger partial charge is 0.327 e. The molecule has 0 saturated carbocycles. The van der Waals surface area contributed by atoms with E-state index < -0.39 is 23.9 Å². The lowest BCUT2D eigenvalue weighted by Crippen LogP contribution is -2.47. The van der Waals surface area contributed by atoms with Crippen molar-refractivity contribution in [3.05, 3.63) is 0 Å². The van der Waals surface area contributed by atoms with Crippen LogP contribution in [0.25, 0.3) is 0 Å². The van der Waals surface area contributed by atoms with Crippen molar-refractivity contribution in [3.63, 3.8) is 0 Å². The number of carbonyl (C=O) groups is 5. The summed E-state index contributed by atoms with van der Waals surface area (Å²) in [4.78, 5) is 59.2. The minimum absolute atomic E-state index is 0.0526. The summed E-state index contributed by atoms with van der Waals surface area (Å²) in [6.45, 7) is 0.167. The monoisotopic (exact) mass is 359 g/mol. The molecule has 0 radical (unpaired) electrons. The molecule has 11 heteroatoms. The first-order valence-electron chi connectivity index (χ1n) is 7.58. The third kappa shape index (κ3) is 8.88. The van der Waals surface area contributed by atoms with E-state index in [0.29, 0.717) is 6.29 Å². The first kappa shape index (κ1) is 20.7. The van der Waals surface area contributed by atoms with Crippen molar-refractivity contribution in [1.29, 1.82) is 0 Å². The van der Waals surface area contributed by atoms with Crippen molar-refractivity contribution >= 4 is 30.2 Å². The molecular weight excluding hydrogens is 338 g/mol. The van der Waals surface area contributed by atoms with Crippen LogP contribution >= 0.6 is 0 Å². The number of cyclic esters (lactones) is 2. The largest absolute Gasteiger partial charge is 0.480 e. The Morgan fingerprint density at radius 1 is 1.00 bits per heavy atom. The molecule has 0 unspecified atom stereocenters. The molecule has 25 heavy (non-hydrogen) atoms. The summed E-state index contributed by atoms with van der Waals surface area (Å²) in [6, 6.07) is 0. The summed E-state index contributed by atoms with van der Waals surface area (Å²) >= 11 is 0. The number of hydrogen-bond acceptors (Lipinski definition) is 9. The zero-order valence-corrected chi connectivity index (χ0v) is 13.6. The Balaban J connectivity index is 2.53. The van der Waals surface area contributed by atoms with Crippen LogP contribution in [-0.2, 0) is 28.7 Å². The van der Waals surface area contributed by atoms with Gasteiger partial charge < -0.3 is 19.7 Å². The summed E-state index contributed by atoms with van der Waals surface area (Å²) < 4.78 is 4.41. The maximum Gasteiger partial charge on any atom is 0.327 e. The number of morpholine rings is 1. The van der Waals surface area contributed by atoms with Gasteiger partial charge in [-0.05, 0) is 0 Å². The number of aldehydes is 1. The Labute approximate surface area is 143 Å². The second kappa shape index (κ2) is 10.5. The molecule has 0 atom stereocenters. The third-order valence-corrected chi connectivity index (χ3v) is 3.45. The highest BCUT2D eigenvalue weighted by atomic mass is 16.6. The SMILES string of the molecule is O=CCN(CCN(CCN1CC(=O)OC(=O)C1)CC(=O)O)CC(=O)O. The Hall–Kier alpha value is -2.37. The zero-order chi connectivity index (χ0) is 18.8. The molecule has 0 amide bonds. The Bertz CT molecular complexity index is 499. The lowest BCUT2D eigenvalue weighted by Gasteiger charge is -2.28. The van der Waals surface area contributed by atoms with Crippen LogP contribution in [0.4, 0.5) is 0 Å². The van der Waals surface area contributed by atoms with Crippen molar-refractivity contribution in [2.75, 3.05) is 58.9 Å². The van der Waals surface area contributed by atoms with Crippen molar-refractivity contribution in [1.82, 2.24) is 14.7 Å². The highest BCUT2D eigenvalue weighted by Crippen LogP contribution is 2.01. The van der Waals surface area contributed by atoms with Gasteiger partial charge in [-0.3, -0.25) is 33.9 Å². The third-order valence-electron chi connectivity index (χ3n) is 3.45. The number of esters is 2. The van der Waals surface area contributed by atoms with Crippen molar-refractivity contribution in [2.24, 2.45) is 0 Å². The summed E-state index contributed by atoms with van der Waals surface area (Å²) in [5, 5.41) is 17.8. The van der Waals surface area contributed by atoms with E-state index in [2.05, 4.69) is 4.74 Å². The average Bonchev–Trinajstić information content (AvgIpc) is 2.48. The van der Waals surface area contributed by atoms with Gasteiger partial charge in [0.05, 0.1) is 32.7 Å². The Morgan fingerprint density at radius 2 is 1.52 bits per heavy atom. The first-order chi connectivity index (χ1) is 11.8. The van der Waals surface area contributed by atoms with Gasteiger partial charge in [0.1, 0.15) is 6.29 Å². The molecule has 0 bridgehead atoms. The minimum Gasteiger partial charge on any atom is -0.480 e. The fourth-order valence-electron chi connectivity index (χ4n) is 2.33. The second-order valence-corrected chi connectivity index (χ2v) is 5.52. The predicted octanol–water partition coefficient (Wildman–Crippen LogP) is -2.66. The maximum atomic E-state index is 11.2. The van der Waals surface area contributed by atoms with E-state index in [0.717, 1.165) is 0 Å². The van der Waals surface area contributed by atoms with Gasteiger partial charge in [0.2, 0.25) is 0 Å². The molecule has 0 aromatic carbocycles. The fourth-order valence-corrected chi connectivity index (χ4v) is 2.33. The van der Waals surface area contributed by atoms with E-state index in [1.807, 2.05) is 0 Å². The van der Waals surface area contributed by atoms with E-state index in [9.17, 15) is 24.0 Å². The normalized spacial score (nSPS) is 15.4. The summed E-state index contributed by atoms with van der Waals surface area (Å²) in [7, 11) is 0. The number of rotatable bonds is 12. The number of carboxylic acids is 2. The highest BCUT2D eigenvalue weighted by molar-refractivity contribution is 5.90. The van der Waals surface area contributed by atoms with Crippen LogP contribution in [-0.4, -0.2) is 114 Å². The molecule has 0 aromatic heterocycles. The molecule has 0 aliphatic carbocycles. The van der Waals surface area contributed by atoms with Crippen LogP contribution in [0.3, 0.4) is 0 Å². The van der Waals surface area contributed by atoms with E-state index in [-0.39, 0.29) is 58.9 Å². The molecule has 1 saturated heterocycles. The molecule has 1 rings (SSSR count). The quantitative estimate of drug-likeness (QED) is 0.214. The van der Waals surface area contributed by atoms with E-state index in [1.165, 1.54) is 4.90 Å². The number of nitrogens with zero attached hydrogens (tertiary/aromatic N) is 3.